The van der Waals surface area contributed by atoms with E-state index in [1.807, 2.05) is 19.1 Å². The fourth-order valence-corrected chi connectivity index (χ4v) is 2.02. The van der Waals surface area contributed by atoms with Crippen molar-refractivity contribution < 1.29 is 4.39 Å². The summed E-state index contributed by atoms with van der Waals surface area (Å²) < 4.78 is 13.5. The summed E-state index contributed by atoms with van der Waals surface area (Å²) in [6.45, 7) is 1.92. The molecule has 2 nitrogen and oxygen atoms in total. The normalized spacial score (nSPS) is 9.89. The van der Waals surface area contributed by atoms with Crippen LogP contribution in [-0.2, 0) is 0 Å². The summed E-state index contributed by atoms with van der Waals surface area (Å²) in [5.41, 5.74) is 3.01. The first-order valence-corrected chi connectivity index (χ1v) is 6.13. The molecule has 0 saturated carbocycles. The first kappa shape index (κ1) is 12.6. The van der Waals surface area contributed by atoms with Gasteiger partial charge in [0.1, 0.15) is 11.9 Å². The molecule has 0 bridgehead atoms. The van der Waals surface area contributed by atoms with Gasteiger partial charge in [0, 0.05) is 5.69 Å². The number of nitrogens with zero attached hydrogens (tertiary/aromatic N) is 1. The van der Waals surface area contributed by atoms with E-state index in [-0.39, 0.29) is 5.82 Å². The standard InChI is InChI=1S/C14H10BrFN2/c1-9-3-2-4-10(8-17)14(9)18-11-5-6-13(16)12(15)7-11/h2-7,18H,1H3. The predicted molar refractivity (Wildman–Crippen MR) is 73.3 cm³/mol. The van der Waals surface area contributed by atoms with Crippen LogP contribution in [0.5, 0.6) is 0 Å². The number of aryl methyl sites for hydroxylation is 1. The van der Waals surface area contributed by atoms with Crippen LogP contribution in [0.15, 0.2) is 40.9 Å². The highest BCUT2D eigenvalue weighted by atomic mass is 79.9. The van der Waals surface area contributed by atoms with Crippen molar-refractivity contribution in [2.75, 3.05) is 5.32 Å². The molecule has 1 N–H and O–H groups in total. The molecule has 18 heavy (non-hydrogen) atoms. The highest BCUT2D eigenvalue weighted by Crippen LogP contribution is 2.27. The van der Waals surface area contributed by atoms with Crippen LogP contribution in [0.1, 0.15) is 11.1 Å². The van der Waals surface area contributed by atoms with Crippen molar-refractivity contribution in [1.29, 1.82) is 5.26 Å². The van der Waals surface area contributed by atoms with Gasteiger partial charge in [0.15, 0.2) is 0 Å². The van der Waals surface area contributed by atoms with Gasteiger partial charge in [-0.25, -0.2) is 4.39 Å². The molecular weight excluding hydrogens is 295 g/mol. The quantitative estimate of drug-likeness (QED) is 0.886. The summed E-state index contributed by atoms with van der Waals surface area (Å²) in [5, 5.41) is 12.2. The van der Waals surface area contributed by atoms with Crippen molar-refractivity contribution in [3.8, 4) is 6.07 Å². The molecule has 90 valence electrons. The third kappa shape index (κ3) is 2.52. The Morgan fingerprint density at radius 3 is 2.72 bits per heavy atom. The van der Waals surface area contributed by atoms with Crippen molar-refractivity contribution in [3.63, 3.8) is 0 Å². The highest BCUT2D eigenvalue weighted by molar-refractivity contribution is 9.10. The van der Waals surface area contributed by atoms with Gasteiger partial charge in [0.25, 0.3) is 0 Å². The first-order valence-electron chi connectivity index (χ1n) is 5.33. The van der Waals surface area contributed by atoms with Crippen LogP contribution in [0.4, 0.5) is 15.8 Å². The molecule has 0 heterocycles. The first-order chi connectivity index (χ1) is 8.61. The largest absolute Gasteiger partial charge is 0.354 e. The monoisotopic (exact) mass is 304 g/mol. The maximum Gasteiger partial charge on any atom is 0.137 e. The molecule has 4 heteroatoms. The molecule has 2 rings (SSSR count). The Labute approximate surface area is 113 Å². The molecule has 0 fully saturated rings. The van der Waals surface area contributed by atoms with Crippen LogP contribution in [0, 0.1) is 24.1 Å². The van der Waals surface area contributed by atoms with Gasteiger partial charge < -0.3 is 5.32 Å². The highest BCUT2D eigenvalue weighted by Gasteiger charge is 2.06. The number of nitrogens with one attached hydrogen (secondary N) is 1. The van der Waals surface area contributed by atoms with Gasteiger partial charge in [-0.15, -0.1) is 0 Å². The minimum absolute atomic E-state index is 0.314. The van der Waals surface area contributed by atoms with Crippen LogP contribution in [0.2, 0.25) is 0 Å². The molecule has 2 aromatic rings. The van der Waals surface area contributed by atoms with Gasteiger partial charge >= 0.3 is 0 Å². The van der Waals surface area contributed by atoms with Crippen molar-refractivity contribution >= 4 is 27.3 Å². The van der Waals surface area contributed by atoms with Crippen molar-refractivity contribution in [2.45, 2.75) is 6.92 Å². The second-order valence-corrected chi connectivity index (χ2v) is 4.72. The fourth-order valence-electron chi connectivity index (χ4n) is 1.65. The van der Waals surface area contributed by atoms with E-state index in [1.54, 1.807) is 18.2 Å². The summed E-state index contributed by atoms with van der Waals surface area (Å²) in [6.07, 6.45) is 0. The average molecular weight is 305 g/mol. The van der Waals surface area contributed by atoms with E-state index < -0.39 is 0 Å². The Morgan fingerprint density at radius 2 is 2.06 bits per heavy atom. The topological polar surface area (TPSA) is 35.8 Å². The Hall–Kier alpha value is -1.86. The number of rotatable bonds is 2. The average Bonchev–Trinajstić information content (AvgIpc) is 2.36. The third-order valence-corrected chi connectivity index (χ3v) is 3.19. The number of para-hydroxylation sites is 1. The number of anilines is 2. The molecule has 0 aliphatic heterocycles. The maximum atomic E-state index is 13.1. The Kier molecular flexibility index (Phi) is 3.63. The number of halogens is 2. The lowest BCUT2D eigenvalue weighted by Crippen LogP contribution is -1.96. The smallest absolute Gasteiger partial charge is 0.137 e. The molecule has 0 spiro atoms. The number of nitriles is 1. The second kappa shape index (κ2) is 5.19. The zero-order chi connectivity index (χ0) is 13.1. The third-order valence-electron chi connectivity index (χ3n) is 2.58. The zero-order valence-corrected chi connectivity index (χ0v) is 11.3. The van der Waals surface area contributed by atoms with Crippen molar-refractivity contribution in [1.82, 2.24) is 0 Å². The van der Waals surface area contributed by atoms with Crippen LogP contribution in [0.25, 0.3) is 0 Å². The maximum absolute atomic E-state index is 13.1. The Bertz CT molecular complexity index is 632. The molecule has 0 saturated heterocycles. The predicted octanol–water partition coefficient (Wildman–Crippen LogP) is 4.51. The Balaban J connectivity index is 2.40. The molecule has 2 aromatic carbocycles. The minimum Gasteiger partial charge on any atom is -0.354 e. The second-order valence-electron chi connectivity index (χ2n) is 3.86. The lowest BCUT2D eigenvalue weighted by molar-refractivity contribution is 0.621. The number of hydrogen-bond donors (Lipinski definition) is 1. The molecule has 0 aromatic heterocycles. The van der Waals surface area contributed by atoms with E-state index in [2.05, 4.69) is 27.3 Å². The van der Waals surface area contributed by atoms with Gasteiger partial charge in [0.05, 0.1) is 15.7 Å². The minimum atomic E-state index is -0.314. The van der Waals surface area contributed by atoms with E-state index in [0.717, 1.165) is 16.9 Å². The molecule has 0 amide bonds. The SMILES string of the molecule is Cc1cccc(C#N)c1Nc1ccc(F)c(Br)c1. The van der Waals surface area contributed by atoms with E-state index in [4.69, 9.17) is 5.26 Å². The molecule has 0 aliphatic carbocycles. The number of hydrogen-bond acceptors (Lipinski definition) is 2. The lowest BCUT2D eigenvalue weighted by Gasteiger charge is -2.11. The van der Waals surface area contributed by atoms with E-state index in [9.17, 15) is 4.39 Å². The van der Waals surface area contributed by atoms with Crippen LogP contribution < -0.4 is 5.32 Å². The van der Waals surface area contributed by atoms with E-state index in [0.29, 0.717) is 10.0 Å². The van der Waals surface area contributed by atoms with Crippen LogP contribution >= 0.6 is 15.9 Å². The molecule has 0 aliphatic rings. The van der Waals surface area contributed by atoms with Gasteiger partial charge in [0.2, 0.25) is 0 Å². The fraction of sp³-hybridized carbons (Fsp3) is 0.0714. The van der Waals surface area contributed by atoms with E-state index in [1.165, 1.54) is 6.07 Å². The molecule has 0 radical (unpaired) electrons. The lowest BCUT2D eigenvalue weighted by atomic mass is 10.1. The van der Waals surface area contributed by atoms with Gasteiger partial charge in [-0.05, 0) is 52.7 Å². The number of benzene rings is 2. The van der Waals surface area contributed by atoms with Crippen molar-refractivity contribution in [2.24, 2.45) is 0 Å². The van der Waals surface area contributed by atoms with Gasteiger partial charge in [-0.3, -0.25) is 0 Å². The summed E-state index contributed by atoms with van der Waals surface area (Å²) in [4.78, 5) is 0. The zero-order valence-electron chi connectivity index (χ0n) is 9.67. The van der Waals surface area contributed by atoms with E-state index >= 15 is 0 Å². The summed E-state index contributed by atoms with van der Waals surface area (Å²) >= 11 is 3.13. The molecular formula is C14H10BrFN2. The molecule has 0 unspecified atom stereocenters. The summed E-state index contributed by atoms with van der Waals surface area (Å²) in [6, 6.07) is 12.3. The van der Waals surface area contributed by atoms with Crippen LogP contribution in [0.3, 0.4) is 0 Å². The summed E-state index contributed by atoms with van der Waals surface area (Å²) in [7, 11) is 0. The Morgan fingerprint density at radius 1 is 1.28 bits per heavy atom. The van der Waals surface area contributed by atoms with Crippen molar-refractivity contribution in [3.05, 3.63) is 57.8 Å². The van der Waals surface area contributed by atoms with Crippen LogP contribution in [-0.4, -0.2) is 0 Å². The van der Waals surface area contributed by atoms with Gasteiger partial charge in [-0.2, -0.15) is 5.26 Å². The summed E-state index contributed by atoms with van der Waals surface area (Å²) in [5.74, 6) is -0.314. The molecule has 0 atom stereocenters. The van der Waals surface area contributed by atoms with Gasteiger partial charge in [-0.1, -0.05) is 12.1 Å².